The van der Waals surface area contributed by atoms with Crippen LogP contribution in [-0.2, 0) is 4.79 Å². The highest BCUT2D eigenvalue weighted by atomic mass is 16.2. The predicted octanol–water partition coefficient (Wildman–Crippen LogP) is 1.34. The topological polar surface area (TPSA) is 23.6 Å². The van der Waals surface area contributed by atoms with Gasteiger partial charge in [-0.1, -0.05) is 0 Å². The zero-order valence-electron chi connectivity index (χ0n) is 9.95. The van der Waals surface area contributed by atoms with Crippen LogP contribution in [0.25, 0.3) is 0 Å². The zero-order chi connectivity index (χ0) is 10.9. The first-order valence-corrected chi connectivity index (χ1v) is 5.51. The Labute approximate surface area is 87.1 Å². The molecule has 82 valence electrons. The molecule has 1 atom stereocenters. The summed E-state index contributed by atoms with van der Waals surface area (Å²) in [4.78, 5) is 16.2. The Kier molecular flexibility index (Phi) is 3.53. The van der Waals surface area contributed by atoms with Crippen LogP contribution in [0.3, 0.4) is 0 Å². The molecule has 3 heteroatoms. The van der Waals surface area contributed by atoms with Crippen molar-refractivity contribution in [2.45, 2.75) is 52.7 Å². The Morgan fingerprint density at radius 3 is 2.14 bits per heavy atom. The lowest BCUT2D eigenvalue weighted by atomic mass is 10.1. The minimum Gasteiger partial charge on any atom is -0.338 e. The molecule has 3 nitrogen and oxygen atoms in total. The molecule has 0 N–H and O–H groups in total. The number of carbonyl (C=O) groups is 1. The van der Waals surface area contributed by atoms with Crippen LogP contribution in [0.1, 0.15) is 34.6 Å². The van der Waals surface area contributed by atoms with Crippen molar-refractivity contribution >= 4 is 5.91 Å². The number of piperazine rings is 1. The number of amides is 1. The van der Waals surface area contributed by atoms with Gasteiger partial charge in [0.1, 0.15) is 0 Å². The fourth-order valence-corrected chi connectivity index (χ4v) is 2.13. The third-order valence-corrected chi connectivity index (χ3v) is 3.02. The first kappa shape index (κ1) is 11.5. The lowest BCUT2D eigenvalue weighted by Gasteiger charge is -2.42. The molecule has 0 aromatic heterocycles. The largest absolute Gasteiger partial charge is 0.338 e. The molecule has 1 saturated heterocycles. The molecule has 1 aliphatic heterocycles. The first-order valence-electron chi connectivity index (χ1n) is 5.51. The number of rotatable bonds is 2. The van der Waals surface area contributed by atoms with Crippen molar-refractivity contribution in [3.8, 4) is 0 Å². The van der Waals surface area contributed by atoms with E-state index in [2.05, 4.69) is 32.6 Å². The molecule has 0 aromatic rings. The average Bonchev–Trinajstić information content (AvgIpc) is 2.08. The minimum atomic E-state index is 0.0474. The summed E-state index contributed by atoms with van der Waals surface area (Å²) >= 11 is 0. The van der Waals surface area contributed by atoms with Gasteiger partial charge in [0.05, 0.1) is 6.04 Å². The van der Waals surface area contributed by atoms with Gasteiger partial charge in [0, 0.05) is 25.2 Å². The van der Waals surface area contributed by atoms with E-state index in [9.17, 15) is 4.79 Å². The van der Waals surface area contributed by atoms with Crippen molar-refractivity contribution in [3.05, 3.63) is 0 Å². The lowest BCUT2D eigenvalue weighted by molar-refractivity contribution is -0.144. The Morgan fingerprint density at radius 1 is 1.14 bits per heavy atom. The molecular weight excluding hydrogens is 176 g/mol. The molecule has 0 radical (unpaired) electrons. The molecule has 0 aliphatic carbocycles. The summed E-state index contributed by atoms with van der Waals surface area (Å²) in [7, 11) is 0. The van der Waals surface area contributed by atoms with Crippen LogP contribution in [0.4, 0.5) is 0 Å². The van der Waals surface area contributed by atoms with Crippen LogP contribution in [0, 0.1) is 0 Å². The van der Waals surface area contributed by atoms with Crippen LogP contribution >= 0.6 is 0 Å². The van der Waals surface area contributed by atoms with E-state index in [1.54, 1.807) is 0 Å². The predicted molar refractivity (Wildman–Crippen MR) is 58.2 cm³/mol. The third kappa shape index (κ3) is 2.08. The minimum absolute atomic E-state index is 0.0474. The number of hydrogen-bond donors (Lipinski definition) is 0. The van der Waals surface area contributed by atoms with Crippen molar-refractivity contribution in [1.29, 1.82) is 0 Å². The van der Waals surface area contributed by atoms with Gasteiger partial charge in [-0.25, -0.2) is 0 Å². The molecule has 1 heterocycles. The molecule has 0 saturated carbocycles. The summed E-state index contributed by atoms with van der Waals surface area (Å²) in [6.45, 7) is 12.3. The quantitative estimate of drug-likeness (QED) is 0.668. The van der Waals surface area contributed by atoms with Gasteiger partial charge in [-0.05, 0) is 34.6 Å². The summed E-state index contributed by atoms with van der Waals surface area (Å²) in [5.74, 6) is 0.278. The maximum Gasteiger partial charge on any atom is 0.239 e. The van der Waals surface area contributed by atoms with Gasteiger partial charge in [0.25, 0.3) is 0 Å². The highest BCUT2D eigenvalue weighted by molar-refractivity contribution is 5.82. The second-order valence-corrected chi connectivity index (χ2v) is 4.63. The summed E-state index contributed by atoms with van der Waals surface area (Å²) in [5, 5.41) is 0. The maximum absolute atomic E-state index is 12.0. The fourth-order valence-electron chi connectivity index (χ4n) is 2.13. The second-order valence-electron chi connectivity index (χ2n) is 4.63. The van der Waals surface area contributed by atoms with E-state index in [0.29, 0.717) is 12.1 Å². The first-order chi connectivity index (χ1) is 6.45. The van der Waals surface area contributed by atoms with Crippen LogP contribution in [0.15, 0.2) is 0 Å². The molecule has 14 heavy (non-hydrogen) atoms. The van der Waals surface area contributed by atoms with E-state index in [0.717, 1.165) is 13.1 Å². The standard InChI is InChI=1S/C11H22N2O/c1-8(2)12-6-7-13(9(3)4)11(14)10(12)5/h8-10H,6-7H2,1-5H3. The van der Waals surface area contributed by atoms with E-state index >= 15 is 0 Å². The SMILES string of the molecule is CC(C)N1CCN(C(C)C)C(C)C1=O. The molecule has 0 bridgehead atoms. The van der Waals surface area contributed by atoms with Crippen molar-refractivity contribution in [2.24, 2.45) is 0 Å². The van der Waals surface area contributed by atoms with Crippen LogP contribution in [-0.4, -0.2) is 46.9 Å². The van der Waals surface area contributed by atoms with Crippen LogP contribution in [0.5, 0.6) is 0 Å². The third-order valence-electron chi connectivity index (χ3n) is 3.02. The Morgan fingerprint density at radius 2 is 1.71 bits per heavy atom. The summed E-state index contributed by atoms with van der Waals surface area (Å²) in [6.07, 6.45) is 0. The molecule has 1 fully saturated rings. The Hall–Kier alpha value is -0.570. The monoisotopic (exact) mass is 198 g/mol. The highest BCUT2D eigenvalue weighted by Gasteiger charge is 2.33. The Balaban J connectivity index is 2.69. The zero-order valence-corrected chi connectivity index (χ0v) is 9.95. The van der Waals surface area contributed by atoms with Gasteiger partial charge in [-0.2, -0.15) is 0 Å². The summed E-state index contributed by atoms with van der Waals surface area (Å²) in [6, 6.07) is 0.841. The van der Waals surface area contributed by atoms with E-state index < -0.39 is 0 Å². The normalized spacial score (nSPS) is 25.2. The molecule has 1 aliphatic rings. The molecule has 1 rings (SSSR count). The Bertz CT molecular complexity index is 213. The molecule has 0 spiro atoms. The maximum atomic E-state index is 12.0. The van der Waals surface area contributed by atoms with E-state index in [1.807, 2.05) is 11.8 Å². The number of nitrogens with zero attached hydrogens (tertiary/aromatic N) is 2. The number of carbonyl (C=O) groups excluding carboxylic acids is 1. The molecule has 1 amide bonds. The van der Waals surface area contributed by atoms with Crippen LogP contribution in [0.2, 0.25) is 0 Å². The van der Waals surface area contributed by atoms with Gasteiger partial charge in [-0.3, -0.25) is 9.69 Å². The van der Waals surface area contributed by atoms with E-state index in [1.165, 1.54) is 0 Å². The van der Waals surface area contributed by atoms with Gasteiger partial charge in [-0.15, -0.1) is 0 Å². The van der Waals surface area contributed by atoms with Gasteiger partial charge in [0.2, 0.25) is 5.91 Å². The molecule has 0 aromatic carbocycles. The molecular formula is C11H22N2O. The van der Waals surface area contributed by atoms with Crippen LogP contribution < -0.4 is 0 Å². The number of hydrogen-bond acceptors (Lipinski definition) is 2. The second kappa shape index (κ2) is 4.30. The average molecular weight is 198 g/mol. The van der Waals surface area contributed by atoms with Gasteiger partial charge < -0.3 is 4.90 Å². The van der Waals surface area contributed by atoms with Crippen molar-refractivity contribution in [1.82, 2.24) is 9.80 Å². The highest BCUT2D eigenvalue weighted by Crippen LogP contribution is 2.15. The van der Waals surface area contributed by atoms with E-state index in [4.69, 9.17) is 0 Å². The van der Waals surface area contributed by atoms with Crippen molar-refractivity contribution in [3.63, 3.8) is 0 Å². The smallest absolute Gasteiger partial charge is 0.239 e. The molecule has 1 unspecified atom stereocenters. The summed E-state index contributed by atoms with van der Waals surface area (Å²) in [5.41, 5.74) is 0. The van der Waals surface area contributed by atoms with Crippen molar-refractivity contribution < 1.29 is 4.79 Å². The van der Waals surface area contributed by atoms with Gasteiger partial charge in [0.15, 0.2) is 0 Å². The summed E-state index contributed by atoms with van der Waals surface area (Å²) < 4.78 is 0. The van der Waals surface area contributed by atoms with Gasteiger partial charge >= 0.3 is 0 Å². The van der Waals surface area contributed by atoms with Crippen molar-refractivity contribution in [2.75, 3.05) is 13.1 Å². The lowest BCUT2D eigenvalue weighted by Crippen LogP contribution is -2.59. The van der Waals surface area contributed by atoms with E-state index in [-0.39, 0.29) is 11.9 Å². The fraction of sp³-hybridized carbons (Fsp3) is 0.909.